The predicted molar refractivity (Wildman–Crippen MR) is 94.7 cm³/mol. The summed E-state index contributed by atoms with van der Waals surface area (Å²) < 4.78 is 14.4. The van der Waals surface area contributed by atoms with Gasteiger partial charge in [-0.3, -0.25) is 9.78 Å². The molecule has 0 unspecified atom stereocenters. The molecule has 0 aliphatic heterocycles. The lowest BCUT2D eigenvalue weighted by Crippen LogP contribution is -2.16. The number of aromatic nitrogens is 4. The molecule has 3 heterocycles. The van der Waals surface area contributed by atoms with Crippen molar-refractivity contribution in [2.75, 3.05) is 0 Å². The predicted octanol–water partition coefficient (Wildman–Crippen LogP) is 2.83. The molecule has 0 amide bonds. The highest BCUT2D eigenvalue weighted by atomic mass is 19.1. The molecule has 0 fully saturated rings. The van der Waals surface area contributed by atoms with E-state index in [4.69, 9.17) is 0 Å². The van der Waals surface area contributed by atoms with E-state index in [2.05, 4.69) is 15.1 Å². The Kier molecular flexibility index (Phi) is 3.76. The number of benzene rings is 1. The Hall–Kier alpha value is -3.48. The summed E-state index contributed by atoms with van der Waals surface area (Å²) in [4.78, 5) is 19.5. The molecular weight excluding hydrogens is 335 g/mol. The first-order valence-electron chi connectivity index (χ1n) is 8.03. The standard InChI is InChI=1S/C19H15FN4O2/c1-11-16(13-3-2-8-21-10-13)17-22-18(25)15(19(26)24(17)23-11)9-12-4-6-14(20)7-5-12/h2-8,10,26H,9H2,1H3,(H,22,25). The third kappa shape index (κ3) is 2.63. The quantitative estimate of drug-likeness (QED) is 0.595. The van der Waals surface area contributed by atoms with Crippen molar-refractivity contribution in [3.63, 3.8) is 0 Å². The minimum Gasteiger partial charge on any atom is -0.493 e. The van der Waals surface area contributed by atoms with Crippen molar-refractivity contribution < 1.29 is 9.50 Å². The van der Waals surface area contributed by atoms with Gasteiger partial charge in [0, 0.05) is 29.9 Å². The smallest absolute Gasteiger partial charge is 0.258 e. The van der Waals surface area contributed by atoms with Gasteiger partial charge in [-0.15, -0.1) is 0 Å². The maximum absolute atomic E-state index is 13.1. The molecule has 130 valence electrons. The van der Waals surface area contributed by atoms with Gasteiger partial charge in [-0.25, -0.2) is 4.39 Å². The second-order valence-corrected chi connectivity index (χ2v) is 6.02. The summed E-state index contributed by atoms with van der Waals surface area (Å²) >= 11 is 0. The second-order valence-electron chi connectivity index (χ2n) is 6.02. The van der Waals surface area contributed by atoms with E-state index in [9.17, 15) is 14.3 Å². The van der Waals surface area contributed by atoms with Crippen LogP contribution in [-0.2, 0) is 6.42 Å². The largest absolute Gasteiger partial charge is 0.493 e. The molecule has 0 spiro atoms. The van der Waals surface area contributed by atoms with E-state index in [1.165, 1.54) is 16.6 Å². The summed E-state index contributed by atoms with van der Waals surface area (Å²) in [5.74, 6) is -0.586. The van der Waals surface area contributed by atoms with Crippen molar-refractivity contribution >= 4 is 5.65 Å². The van der Waals surface area contributed by atoms with Crippen LogP contribution in [0.15, 0.2) is 53.6 Å². The van der Waals surface area contributed by atoms with Crippen molar-refractivity contribution in [3.05, 3.63) is 81.8 Å². The fourth-order valence-electron chi connectivity index (χ4n) is 3.03. The molecule has 4 rings (SSSR count). The summed E-state index contributed by atoms with van der Waals surface area (Å²) in [5.41, 5.74) is 3.03. The van der Waals surface area contributed by atoms with Gasteiger partial charge in [-0.2, -0.15) is 9.61 Å². The summed E-state index contributed by atoms with van der Waals surface area (Å²) in [7, 11) is 0. The second kappa shape index (κ2) is 6.11. The molecule has 7 heteroatoms. The lowest BCUT2D eigenvalue weighted by molar-refractivity contribution is 0.427. The first-order chi connectivity index (χ1) is 12.5. The van der Waals surface area contributed by atoms with Gasteiger partial charge in [0.25, 0.3) is 5.56 Å². The molecule has 0 aliphatic rings. The summed E-state index contributed by atoms with van der Waals surface area (Å²) in [6, 6.07) is 9.44. The summed E-state index contributed by atoms with van der Waals surface area (Å²) in [5, 5.41) is 15.0. The average Bonchev–Trinajstić information content (AvgIpc) is 2.97. The van der Waals surface area contributed by atoms with Gasteiger partial charge in [0.05, 0.1) is 11.3 Å². The van der Waals surface area contributed by atoms with E-state index >= 15 is 0 Å². The molecule has 1 aromatic carbocycles. The molecule has 0 saturated carbocycles. The number of fused-ring (bicyclic) bond motifs is 1. The van der Waals surface area contributed by atoms with E-state index in [0.717, 1.165) is 5.56 Å². The zero-order valence-corrected chi connectivity index (χ0v) is 13.9. The number of hydrogen-bond donors (Lipinski definition) is 2. The Balaban J connectivity index is 1.88. The normalized spacial score (nSPS) is 11.2. The monoisotopic (exact) mass is 350 g/mol. The highest BCUT2D eigenvalue weighted by Gasteiger charge is 2.19. The zero-order chi connectivity index (χ0) is 18.3. The Morgan fingerprint density at radius 2 is 2.00 bits per heavy atom. The maximum atomic E-state index is 13.1. The van der Waals surface area contributed by atoms with E-state index < -0.39 is 5.56 Å². The van der Waals surface area contributed by atoms with Crippen LogP contribution in [0.5, 0.6) is 5.88 Å². The first kappa shape index (κ1) is 16.0. The van der Waals surface area contributed by atoms with Crippen LogP contribution in [0.25, 0.3) is 16.8 Å². The fourth-order valence-corrected chi connectivity index (χ4v) is 3.03. The molecule has 6 nitrogen and oxygen atoms in total. The van der Waals surface area contributed by atoms with Crippen LogP contribution in [0.3, 0.4) is 0 Å². The highest BCUT2D eigenvalue weighted by molar-refractivity contribution is 5.79. The Bertz CT molecular complexity index is 1150. The van der Waals surface area contributed by atoms with Crippen LogP contribution in [-0.4, -0.2) is 24.7 Å². The average molecular weight is 350 g/mol. The van der Waals surface area contributed by atoms with Crippen LogP contribution in [0.1, 0.15) is 16.8 Å². The van der Waals surface area contributed by atoms with Crippen LogP contribution in [0, 0.1) is 12.7 Å². The third-order valence-electron chi connectivity index (χ3n) is 4.28. The Morgan fingerprint density at radius 1 is 1.23 bits per heavy atom. The van der Waals surface area contributed by atoms with Gasteiger partial charge in [0.2, 0.25) is 5.88 Å². The SMILES string of the molecule is Cc1nn2c(O)c(Cc3ccc(F)cc3)c(=O)[nH]c2c1-c1cccnc1. The Morgan fingerprint density at radius 3 is 2.69 bits per heavy atom. The van der Waals surface area contributed by atoms with Crippen molar-refractivity contribution in [1.29, 1.82) is 0 Å². The number of hydrogen-bond acceptors (Lipinski definition) is 4. The summed E-state index contributed by atoms with van der Waals surface area (Å²) in [6.45, 7) is 1.80. The summed E-state index contributed by atoms with van der Waals surface area (Å²) in [6.07, 6.45) is 3.50. The van der Waals surface area contributed by atoms with Crippen molar-refractivity contribution in [2.45, 2.75) is 13.3 Å². The number of rotatable bonds is 3. The van der Waals surface area contributed by atoms with Crippen LogP contribution in [0.4, 0.5) is 4.39 Å². The minimum atomic E-state index is -0.413. The molecule has 4 aromatic rings. The number of H-pyrrole nitrogens is 1. The molecule has 0 bridgehead atoms. The molecular formula is C19H15FN4O2. The fraction of sp³-hybridized carbons (Fsp3) is 0.105. The molecule has 3 aromatic heterocycles. The number of aromatic amines is 1. The zero-order valence-electron chi connectivity index (χ0n) is 13.9. The van der Waals surface area contributed by atoms with Crippen molar-refractivity contribution in [2.24, 2.45) is 0 Å². The van der Waals surface area contributed by atoms with E-state index in [1.807, 2.05) is 6.07 Å². The topological polar surface area (TPSA) is 83.3 Å². The van der Waals surface area contributed by atoms with Gasteiger partial charge in [-0.1, -0.05) is 18.2 Å². The number of aryl methyl sites for hydroxylation is 1. The van der Waals surface area contributed by atoms with Crippen molar-refractivity contribution in [1.82, 2.24) is 19.6 Å². The van der Waals surface area contributed by atoms with Crippen LogP contribution >= 0.6 is 0 Å². The molecule has 0 aliphatic carbocycles. The number of nitrogens with zero attached hydrogens (tertiary/aromatic N) is 3. The molecule has 0 atom stereocenters. The van der Waals surface area contributed by atoms with Gasteiger partial charge >= 0.3 is 0 Å². The van der Waals surface area contributed by atoms with Gasteiger partial charge < -0.3 is 10.1 Å². The van der Waals surface area contributed by atoms with Crippen LogP contribution < -0.4 is 5.56 Å². The molecule has 0 radical (unpaired) electrons. The molecule has 0 saturated heterocycles. The highest BCUT2D eigenvalue weighted by Crippen LogP contribution is 2.29. The first-order valence-corrected chi connectivity index (χ1v) is 8.03. The van der Waals surface area contributed by atoms with Gasteiger partial charge in [0.15, 0.2) is 0 Å². The third-order valence-corrected chi connectivity index (χ3v) is 4.28. The van der Waals surface area contributed by atoms with Crippen molar-refractivity contribution in [3.8, 4) is 17.0 Å². The van der Waals surface area contributed by atoms with Gasteiger partial charge in [0.1, 0.15) is 11.5 Å². The number of pyridine rings is 1. The minimum absolute atomic E-state index is 0.165. The number of halogens is 1. The van der Waals surface area contributed by atoms with Crippen LogP contribution in [0.2, 0.25) is 0 Å². The van der Waals surface area contributed by atoms with E-state index in [1.54, 1.807) is 37.5 Å². The lowest BCUT2D eigenvalue weighted by atomic mass is 10.1. The Labute approximate surface area is 147 Å². The van der Waals surface area contributed by atoms with E-state index in [0.29, 0.717) is 22.5 Å². The van der Waals surface area contributed by atoms with E-state index in [-0.39, 0.29) is 23.7 Å². The maximum Gasteiger partial charge on any atom is 0.258 e. The number of nitrogens with one attached hydrogen (secondary N) is 1. The number of aromatic hydroxyl groups is 1. The lowest BCUT2D eigenvalue weighted by Gasteiger charge is -2.07. The molecule has 26 heavy (non-hydrogen) atoms. The van der Waals surface area contributed by atoms with Gasteiger partial charge in [-0.05, 0) is 30.7 Å². The molecule has 2 N–H and O–H groups in total.